The maximum absolute atomic E-state index is 13.8. The molecule has 0 saturated carbocycles. The summed E-state index contributed by atoms with van der Waals surface area (Å²) in [6, 6.07) is 18.3. The van der Waals surface area contributed by atoms with Crippen molar-refractivity contribution in [2.75, 3.05) is 0 Å². The second kappa shape index (κ2) is 7.08. The zero-order valence-electron chi connectivity index (χ0n) is 14.8. The van der Waals surface area contributed by atoms with E-state index in [-0.39, 0.29) is 21.0 Å². The Morgan fingerprint density at radius 3 is 2.38 bits per heavy atom. The highest BCUT2D eigenvalue weighted by Gasteiger charge is 2.22. The summed E-state index contributed by atoms with van der Waals surface area (Å²) in [5.41, 5.74) is 1.15. The molecule has 0 aliphatic carbocycles. The molecule has 0 fully saturated rings. The second-order valence-corrected chi connectivity index (χ2v) is 8.22. The van der Waals surface area contributed by atoms with E-state index in [1.54, 1.807) is 6.07 Å². The Morgan fingerprint density at radius 1 is 0.862 bits per heavy atom. The van der Waals surface area contributed by atoms with Crippen LogP contribution in [0.1, 0.15) is 5.56 Å². The van der Waals surface area contributed by atoms with Gasteiger partial charge in [0.1, 0.15) is 11.6 Å². The molecule has 0 saturated heterocycles. The topological polar surface area (TPSA) is 70.8 Å². The molecule has 0 unspecified atom stereocenters. The monoisotopic (exact) mass is 406 g/mol. The zero-order chi connectivity index (χ0) is 20.6. The van der Waals surface area contributed by atoms with Crippen molar-refractivity contribution in [2.45, 2.75) is 9.92 Å². The number of nitrogens with zero attached hydrogens (tertiary/aromatic N) is 2. The van der Waals surface area contributed by atoms with Crippen molar-refractivity contribution in [3.8, 4) is 17.2 Å². The Bertz CT molecular complexity index is 1410. The van der Waals surface area contributed by atoms with Crippen LogP contribution in [0.2, 0.25) is 0 Å². The minimum atomic E-state index is -4.09. The lowest BCUT2D eigenvalue weighted by Gasteiger charge is -2.11. The van der Waals surface area contributed by atoms with E-state index in [1.807, 2.05) is 6.07 Å². The van der Waals surface area contributed by atoms with Crippen LogP contribution in [0.4, 0.5) is 8.78 Å². The Kier molecular flexibility index (Phi) is 4.57. The third kappa shape index (κ3) is 3.46. The van der Waals surface area contributed by atoms with Gasteiger partial charge in [0, 0.05) is 11.5 Å². The summed E-state index contributed by atoms with van der Waals surface area (Å²) in [6.45, 7) is 0. The van der Waals surface area contributed by atoms with Crippen molar-refractivity contribution in [1.29, 1.82) is 5.26 Å². The highest BCUT2D eigenvalue weighted by atomic mass is 32.2. The standard InChI is InChI=1S/C22H12F2N2O2S/c23-16-5-2-4-15(10-16)20-12-22(26-21-11-17(24)7-8-19(20)21)29(27,28)18-6-1-3-14(9-18)13-25/h1-12H. The lowest BCUT2D eigenvalue weighted by atomic mass is 10.0. The first kappa shape index (κ1) is 18.7. The molecule has 142 valence electrons. The minimum Gasteiger partial charge on any atom is -0.236 e. The van der Waals surface area contributed by atoms with Crippen molar-refractivity contribution in [3.05, 3.63) is 90.0 Å². The van der Waals surface area contributed by atoms with Crippen LogP contribution in [0.15, 0.2) is 82.7 Å². The number of benzene rings is 3. The van der Waals surface area contributed by atoms with Gasteiger partial charge in [-0.25, -0.2) is 22.2 Å². The van der Waals surface area contributed by atoms with E-state index in [0.29, 0.717) is 16.5 Å². The first-order valence-electron chi connectivity index (χ1n) is 8.50. The van der Waals surface area contributed by atoms with Crippen LogP contribution in [0.3, 0.4) is 0 Å². The highest BCUT2D eigenvalue weighted by Crippen LogP contribution is 2.32. The molecule has 4 nitrogen and oxygen atoms in total. The molecule has 4 rings (SSSR count). The van der Waals surface area contributed by atoms with Crippen molar-refractivity contribution in [1.82, 2.24) is 4.98 Å². The largest absolute Gasteiger partial charge is 0.236 e. The van der Waals surface area contributed by atoms with Crippen LogP contribution in [-0.4, -0.2) is 13.4 Å². The summed E-state index contributed by atoms with van der Waals surface area (Å²) < 4.78 is 53.9. The summed E-state index contributed by atoms with van der Waals surface area (Å²) in [5.74, 6) is -1.06. The molecule has 1 heterocycles. The predicted octanol–water partition coefficient (Wildman–Crippen LogP) is 4.88. The molecule has 0 N–H and O–H groups in total. The van der Waals surface area contributed by atoms with Crippen LogP contribution in [0.5, 0.6) is 0 Å². The summed E-state index contributed by atoms with van der Waals surface area (Å²) in [6.07, 6.45) is 0. The van der Waals surface area contributed by atoms with Gasteiger partial charge in [0.15, 0.2) is 5.03 Å². The predicted molar refractivity (Wildman–Crippen MR) is 104 cm³/mol. The molecule has 0 spiro atoms. The van der Waals surface area contributed by atoms with Crippen LogP contribution in [-0.2, 0) is 9.84 Å². The first-order valence-corrected chi connectivity index (χ1v) is 9.98. The number of hydrogen-bond donors (Lipinski definition) is 0. The van der Waals surface area contributed by atoms with Crippen LogP contribution >= 0.6 is 0 Å². The molecule has 0 aliphatic heterocycles. The number of sulfone groups is 1. The van der Waals surface area contributed by atoms with Crippen molar-refractivity contribution < 1.29 is 17.2 Å². The number of nitriles is 1. The van der Waals surface area contributed by atoms with E-state index in [0.717, 1.165) is 6.07 Å². The van der Waals surface area contributed by atoms with Gasteiger partial charge in [-0.2, -0.15) is 5.26 Å². The van der Waals surface area contributed by atoms with Gasteiger partial charge in [-0.05, 0) is 59.7 Å². The number of aromatic nitrogens is 1. The Morgan fingerprint density at radius 2 is 1.62 bits per heavy atom. The van der Waals surface area contributed by atoms with Crippen molar-refractivity contribution in [2.24, 2.45) is 0 Å². The lowest BCUT2D eigenvalue weighted by Crippen LogP contribution is -2.06. The van der Waals surface area contributed by atoms with Gasteiger partial charge in [-0.15, -0.1) is 0 Å². The third-order valence-corrected chi connectivity index (χ3v) is 6.07. The average molecular weight is 406 g/mol. The van der Waals surface area contributed by atoms with Gasteiger partial charge in [-0.1, -0.05) is 18.2 Å². The molecule has 0 atom stereocenters. The second-order valence-electron chi connectivity index (χ2n) is 6.32. The maximum Gasteiger partial charge on any atom is 0.223 e. The molecule has 29 heavy (non-hydrogen) atoms. The van der Waals surface area contributed by atoms with E-state index in [1.165, 1.54) is 60.7 Å². The number of fused-ring (bicyclic) bond motifs is 1. The van der Waals surface area contributed by atoms with Crippen LogP contribution in [0.25, 0.3) is 22.0 Å². The Hall–Kier alpha value is -3.63. The minimum absolute atomic E-state index is 0.106. The quantitative estimate of drug-likeness (QED) is 0.486. The normalized spacial score (nSPS) is 11.3. The fourth-order valence-corrected chi connectivity index (χ4v) is 4.34. The molecule has 7 heteroatoms. The molecule has 4 aromatic rings. The van der Waals surface area contributed by atoms with Gasteiger partial charge in [0.05, 0.1) is 22.0 Å². The van der Waals surface area contributed by atoms with Crippen molar-refractivity contribution in [3.63, 3.8) is 0 Å². The summed E-state index contributed by atoms with van der Waals surface area (Å²) in [4.78, 5) is 4.04. The number of halogens is 2. The average Bonchev–Trinajstić information content (AvgIpc) is 2.72. The highest BCUT2D eigenvalue weighted by molar-refractivity contribution is 7.91. The fraction of sp³-hybridized carbons (Fsp3) is 0. The fourth-order valence-electron chi connectivity index (χ4n) is 3.06. The summed E-state index contributed by atoms with van der Waals surface area (Å²) in [7, 11) is -4.09. The van der Waals surface area contributed by atoms with E-state index in [4.69, 9.17) is 5.26 Å². The lowest BCUT2D eigenvalue weighted by molar-refractivity contribution is 0.592. The van der Waals surface area contributed by atoms with Gasteiger partial charge in [0.2, 0.25) is 9.84 Å². The molecule has 0 radical (unpaired) electrons. The van der Waals surface area contributed by atoms with Gasteiger partial charge in [0.25, 0.3) is 0 Å². The summed E-state index contributed by atoms with van der Waals surface area (Å²) >= 11 is 0. The Labute approximate surface area is 165 Å². The number of rotatable bonds is 3. The molecular formula is C22H12F2N2O2S. The first-order chi connectivity index (χ1) is 13.9. The number of hydrogen-bond acceptors (Lipinski definition) is 4. The molecule has 0 bridgehead atoms. The van der Waals surface area contributed by atoms with E-state index >= 15 is 0 Å². The van der Waals surface area contributed by atoms with Crippen molar-refractivity contribution >= 4 is 20.7 Å². The molecular weight excluding hydrogens is 394 g/mol. The number of pyridine rings is 1. The summed E-state index contributed by atoms with van der Waals surface area (Å²) in [5, 5.41) is 9.22. The van der Waals surface area contributed by atoms with Gasteiger partial charge in [-0.3, -0.25) is 0 Å². The SMILES string of the molecule is N#Cc1cccc(S(=O)(=O)c2cc(-c3cccc(F)c3)c3ccc(F)cc3n2)c1. The Balaban J connectivity index is 2.02. The molecule has 0 aliphatic rings. The smallest absolute Gasteiger partial charge is 0.223 e. The molecule has 3 aromatic carbocycles. The van der Waals surface area contributed by atoms with Gasteiger partial charge >= 0.3 is 0 Å². The van der Waals surface area contributed by atoms with E-state index in [9.17, 15) is 17.2 Å². The maximum atomic E-state index is 13.8. The molecule has 0 amide bonds. The van der Waals surface area contributed by atoms with Gasteiger partial charge < -0.3 is 0 Å². The molecule has 1 aromatic heterocycles. The van der Waals surface area contributed by atoms with E-state index in [2.05, 4.69) is 4.98 Å². The van der Waals surface area contributed by atoms with Crippen LogP contribution < -0.4 is 0 Å². The van der Waals surface area contributed by atoms with Crippen LogP contribution in [0, 0.1) is 23.0 Å². The zero-order valence-corrected chi connectivity index (χ0v) is 15.6. The third-order valence-electron chi connectivity index (χ3n) is 4.43. The van der Waals surface area contributed by atoms with E-state index < -0.39 is 21.5 Å².